The number of allylic oxidation sites excluding steroid dienone is 1. The van der Waals surface area contributed by atoms with Crippen LogP contribution < -0.4 is 16.1 Å². The summed E-state index contributed by atoms with van der Waals surface area (Å²) in [6.45, 7) is 19.8. The number of benzene rings is 2. The molecule has 5 heteroatoms. The minimum absolute atomic E-state index is 0.290. The van der Waals surface area contributed by atoms with Crippen molar-refractivity contribution in [3.63, 3.8) is 0 Å². The molecular weight excluding hydrogens is 403 g/mol. The monoisotopic (exact) mass is 435 g/mol. The van der Waals surface area contributed by atoms with E-state index in [0.717, 1.165) is 17.5 Å². The lowest BCUT2D eigenvalue weighted by molar-refractivity contribution is 0.1000. The number of amides is 1. The molecule has 0 fully saturated rings. The zero-order chi connectivity index (χ0) is 21.5. The van der Waals surface area contributed by atoms with Crippen LogP contribution in [0.2, 0.25) is 39.3 Å². The van der Waals surface area contributed by atoms with E-state index in [2.05, 4.69) is 83.5 Å². The van der Waals surface area contributed by atoms with Crippen LogP contribution in [-0.4, -0.2) is 28.2 Å². The molecule has 0 atom stereocenters. The molecule has 0 saturated carbocycles. The van der Waals surface area contributed by atoms with E-state index in [0.29, 0.717) is 0 Å². The van der Waals surface area contributed by atoms with Crippen LogP contribution in [0.5, 0.6) is 0 Å². The molecule has 0 spiro atoms. The van der Waals surface area contributed by atoms with Gasteiger partial charge in [0.15, 0.2) is 0 Å². The minimum atomic E-state index is -1.66. The highest BCUT2D eigenvalue weighted by molar-refractivity contribution is 7.76. The first-order valence-electron chi connectivity index (χ1n) is 10.6. The van der Waals surface area contributed by atoms with Crippen LogP contribution in [0.3, 0.4) is 0 Å². The molecule has 1 heterocycles. The Hall–Kier alpha value is -1.70. The number of nitrogens with two attached hydrogens (primary N) is 1. The summed E-state index contributed by atoms with van der Waals surface area (Å²) in [7, 11) is -4.79. The predicted octanol–water partition coefficient (Wildman–Crippen LogP) is 4.43. The van der Waals surface area contributed by atoms with Gasteiger partial charge in [0.1, 0.15) is 0 Å². The van der Waals surface area contributed by atoms with Crippen LogP contribution in [0.25, 0.3) is 17.2 Å². The SMILES string of the molecule is CC1=Cc2c(cccc2-c2c(C)c(C(N)=O)cc3c2[Si](C)(C)[Si](C)(C)[Si]3(C)C)C1. The second kappa shape index (κ2) is 6.15. The van der Waals surface area contributed by atoms with Gasteiger partial charge in [-0.05, 0) is 48.1 Å². The van der Waals surface area contributed by atoms with Gasteiger partial charge in [0, 0.05) is 12.7 Å². The summed E-state index contributed by atoms with van der Waals surface area (Å²) in [6, 6.07) is 8.92. The van der Waals surface area contributed by atoms with Crippen molar-refractivity contribution in [1.29, 1.82) is 0 Å². The fourth-order valence-electron chi connectivity index (χ4n) is 5.70. The van der Waals surface area contributed by atoms with Crippen molar-refractivity contribution in [2.24, 2.45) is 5.73 Å². The lowest BCUT2D eigenvalue weighted by Crippen LogP contribution is -2.68. The molecule has 152 valence electrons. The van der Waals surface area contributed by atoms with Gasteiger partial charge in [-0.15, -0.1) is 0 Å². The summed E-state index contributed by atoms with van der Waals surface area (Å²) in [4.78, 5) is 12.5. The Morgan fingerprint density at radius 1 is 1.00 bits per heavy atom. The third kappa shape index (κ3) is 2.53. The van der Waals surface area contributed by atoms with Crippen LogP contribution in [0.15, 0.2) is 29.8 Å². The molecule has 29 heavy (non-hydrogen) atoms. The lowest BCUT2D eigenvalue weighted by atomic mass is 9.91. The quantitative estimate of drug-likeness (QED) is 0.697. The molecule has 1 amide bonds. The Morgan fingerprint density at radius 2 is 1.66 bits per heavy atom. The zero-order valence-corrected chi connectivity index (χ0v) is 22.1. The van der Waals surface area contributed by atoms with E-state index in [-0.39, 0.29) is 5.91 Å². The van der Waals surface area contributed by atoms with Crippen molar-refractivity contribution in [2.75, 3.05) is 0 Å². The Bertz CT molecular complexity index is 1110. The second-order valence-electron chi connectivity index (χ2n) is 10.6. The van der Waals surface area contributed by atoms with Crippen LogP contribution in [-0.2, 0) is 6.42 Å². The van der Waals surface area contributed by atoms with Gasteiger partial charge >= 0.3 is 0 Å². The van der Waals surface area contributed by atoms with E-state index in [1.165, 1.54) is 33.0 Å². The molecule has 4 rings (SSSR count). The molecule has 1 aliphatic heterocycles. The topological polar surface area (TPSA) is 43.1 Å². The first-order chi connectivity index (χ1) is 13.3. The summed E-state index contributed by atoms with van der Waals surface area (Å²) in [5.41, 5.74) is 14.5. The molecule has 1 aliphatic carbocycles. The average molecular weight is 436 g/mol. The fourth-order valence-corrected chi connectivity index (χ4v) is 40.5. The Morgan fingerprint density at radius 3 is 2.28 bits per heavy atom. The van der Waals surface area contributed by atoms with Crippen molar-refractivity contribution < 1.29 is 4.79 Å². The summed E-state index contributed by atoms with van der Waals surface area (Å²) in [5.74, 6) is -0.290. The van der Waals surface area contributed by atoms with Gasteiger partial charge < -0.3 is 5.73 Å². The number of carbonyl (C=O) groups is 1. The molecule has 2 aromatic carbocycles. The van der Waals surface area contributed by atoms with Gasteiger partial charge in [0.2, 0.25) is 5.91 Å². The maximum absolute atomic E-state index is 12.5. The van der Waals surface area contributed by atoms with Gasteiger partial charge in [-0.25, -0.2) is 0 Å². The fraction of sp³-hybridized carbons (Fsp3) is 0.375. The van der Waals surface area contributed by atoms with Crippen LogP contribution in [0.4, 0.5) is 0 Å². The van der Waals surface area contributed by atoms with Gasteiger partial charge in [0.05, 0.1) is 15.2 Å². The first-order valence-corrected chi connectivity index (χ1v) is 21.6. The van der Waals surface area contributed by atoms with E-state index in [1.807, 2.05) is 0 Å². The van der Waals surface area contributed by atoms with E-state index in [9.17, 15) is 4.79 Å². The smallest absolute Gasteiger partial charge is 0.248 e. The number of primary amides is 1. The Labute approximate surface area is 177 Å². The molecule has 2 N–H and O–H groups in total. The highest BCUT2D eigenvalue weighted by Crippen LogP contribution is 2.41. The second-order valence-corrected chi connectivity index (χ2v) is 37.9. The summed E-state index contributed by atoms with van der Waals surface area (Å²) in [6.07, 6.45) is 3.38. The summed E-state index contributed by atoms with van der Waals surface area (Å²) >= 11 is 0. The number of fused-ring (bicyclic) bond motifs is 2. The summed E-state index contributed by atoms with van der Waals surface area (Å²) < 4.78 is 0. The highest BCUT2D eigenvalue weighted by Gasteiger charge is 2.61. The molecule has 2 aliphatic rings. The maximum atomic E-state index is 12.5. The molecule has 0 unspecified atom stereocenters. The number of hydrogen-bond acceptors (Lipinski definition) is 1. The molecular formula is C24H33NOSi3. The van der Waals surface area contributed by atoms with Crippen LogP contribution >= 0.6 is 0 Å². The van der Waals surface area contributed by atoms with Crippen LogP contribution in [0.1, 0.15) is 34.0 Å². The van der Waals surface area contributed by atoms with Crippen LogP contribution in [0, 0.1) is 6.92 Å². The molecule has 0 saturated heterocycles. The largest absolute Gasteiger partial charge is 0.366 e. The minimum Gasteiger partial charge on any atom is -0.366 e. The molecule has 0 aromatic heterocycles. The van der Waals surface area contributed by atoms with Crippen molar-refractivity contribution in [1.82, 2.24) is 0 Å². The molecule has 2 nitrogen and oxygen atoms in total. The number of carbonyl (C=O) groups excluding carboxylic acids is 1. The van der Waals surface area contributed by atoms with Crippen molar-refractivity contribution in [3.05, 3.63) is 52.1 Å². The van der Waals surface area contributed by atoms with E-state index >= 15 is 0 Å². The standard InChI is InChI=1S/C24H33NOSi3/c1-15-12-17-10-9-11-18(20(17)13-15)22-16(2)19(24(25)26)14-21-23(22)28(5,6)29(7,8)27(21,3)4/h9-11,13-14H,12H2,1-8H3,(H2,25,26). The average Bonchev–Trinajstić information content (AvgIpc) is 3.04. The summed E-state index contributed by atoms with van der Waals surface area (Å²) in [5, 5.41) is 3.16. The van der Waals surface area contributed by atoms with E-state index in [1.54, 1.807) is 5.19 Å². The van der Waals surface area contributed by atoms with E-state index in [4.69, 9.17) is 5.73 Å². The molecule has 0 radical (unpaired) electrons. The van der Waals surface area contributed by atoms with Gasteiger partial charge in [0.25, 0.3) is 0 Å². The Kier molecular flexibility index (Phi) is 4.37. The van der Waals surface area contributed by atoms with Crippen molar-refractivity contribution >= 4 is 44.6 Å². The maximum Gasteiger partial charge on any atom is 0.248 e. The zero-order valence-electron chi connectivity index (χ0n) is 19.1. The third-order valence-corrected chi connectivity index (χ3v) is 50.2. The normalized spacial score (nSPS) is 20.2. The third-order valence-electron chi connectivity index (χ3n) is 8.60. The van der Waals surface area contributed by atoms with Gasteiger partial charge in [-0.1, -0.05) is 85.6 Å². The number of rotatable bonds is 2. The number of hydrogen-bond donors (Lipinski definition) is 1. The highest BCUT2D eigenvalue weighted by atomic mass is 29.6. The molecule has 2 aromatic rings. The first kappa shape index (κ1) is 20.6. The predicted molar refractivity (Wildman–Crippen MR) is 134 cm³/mol. The Balaban J connectivity index is 2.19. The van der Waals surface area contributed by atoms with Crippen molar-refractivity contribution in [3.8, 4) is 11.1 Å². The van der Waals surface area contributed by atoms with Crippen molar-refractivity contribution in [2.45, 2.75) is 59.6 Å². The van der Waals surface area contributed by atoms with Gasteiger partial charge in [-0.2, -0.15) is 0 Å². The lowest BCUT2D eigenvalue weighted by Gasteiger charge is -2.40. The van der Waals surface area contributed by atoms with E-state index < -0.39 is 22.3 Å². The molecule has 0 bridgehead atoms. The van der Waals surface area contributed by atoms with Gasteiger partial charge in [-0.3, -0.25) is 4.79 Å².